The summed E-state index contributed by atoms with van der Waals surface area (Å²) in [6, 6.07) is 4.51. The Morgan fingerprint density at radius 2 is 1.84 bits per heavy atom. The SMILES string of the molecule is CCOC(=O)[C@@H]1CCCN(C(=O)[C@H]2CC[C@H](c3cccc(C(F)(F)F)c3)N(C(C)=O)C2)C1. The highest BCUT2D eigenvalue weighted by molar-refractivity contribution is 5.82. The van der Waals surface area contributed by atoms with Gasteiger partial charge in [0.1, 0.15) is 0 Å². The van der Waals surface area contributed by atoms with E-state index < -0.39 is 23.7 Å². The Kier molecular flexibility index (Phi) is 7.46. The predicted molar refractivity (Wildman–Crippen MR) is 110 cm³/mol. The Hall–Kier alpha value is -2.58. The maximum atomic E-state index is 13.2. The van der Waals surface area contributed by atoms with Gasteiger partial charge in [0.15, 0.2) is 0 Å². The van der Waals surface area contributed by atoms with Gasteiger partial charge in [-0.05, 0) is 50.3 Å². The van der Waals surface area contributed by atoms with E-state index in [9.17, 15) is 27.6 Å². The molecule has 176 valence electrons. The number of likely N-dealkylation sites (tertiary alicyclic amines) is 2. The lowest BCUT2D eigenvalue weighted by Gasteiger charge is -2.41. The number of amides is 2. The number of piperidine rings is 2. The maximum absolute atomic E-state index is 13.2. The fourth-order valence-electron chi connectivity index (χ4n) is 4.68. The molecule has 2 heterocycles. The van der Waals surface area contributed by atoms with Gasteiger partial charge < -0.3 is 14.5 Å². The molecule has 3 rings (SSSR count). The normalized spacial score (nSPS) is 24.2. The summed E-state index contributed by atoms with van der Waals surface area (Å²) in [6.07, 6.45) is -2.24. The van der Waals surface area contributed by atoms with Crippen LogP contribution in [0.15, 0.2) is 24.3 Å². The largest absolute Gasteiger partial charge is 0.466 e. The van der Waals surface area contributed by atoms with E-state index in [2.05, 4.69) is 0 Å². The van der Waals surface area contributed by atoms with E-state index >= 15 is 0 Å². The Bertz CT molecular complexity index is 858. The quantitative estimate of drug-likeness (QED) is 0.649. The van der Waals surface area contributed by atoms with E-state index in [1.54, 1.807) is 17.9 Å². The summed E-state index contributed by atoms with van der Waals surface area (Å²) in [5.74, 6) is -1.50. The third-order valence-corrected chi connectivity index (χ3v) is 6.29. The van der Waals surface area contributed by atoms with Crippen LogP contribution in [-0.4, -0.2) is 53.8 Å². The molecule has 2 fully saturated rings. The van der Waals surface area contributed by atoms with Crippen molar-refractivity contribution in [3.05, 3.63) is 35.4 Å². The van der Waals surface area contributed by atoms with Crippen molar-refractivity contribution in [1.29, 1.82) is 0 Å². The van der Waals surface area contributed by atoms with Crippen molar-refractivity contribution in [2.45, 2.75) is 51.7 Å². The van der Waals surface area contributed by atoms with Crippen molar-refractivity contribution >= 4 is 17.8 Å². The highest BCUT2D eigenvalue weighted by Gasteiger charge is 2.39. The first-order valence-corrected chi connectivity index (χ1v) is 11.0. The van der Waals surface area contributed by atoms with E-state index in [4.69, 9.17) is 4.74 Å². The second-order valence-corrected chi connectivity index (χ2v) is 8.46. The summed E-state index contributed by atoms with van der Waals surface area (Å²) in [7, 11) is 0. The molecular weight excluding hydrogens is 425 g/mol. The topological polar surface area (TPSA) is 66.9 Å². The molecule has 3 atom stereocenters. The van der Waals surface area contributed by atoms with Crippen LogP contribution in [0.25, 0.3) is 0 Å². The first-order chi connectivity index (χ1) is 15.1. The van der Waals surface area contributed by atoms with Gasteiger partial charge in [-0.2, -0.15) is 13.2 Å². The van der Waals surface area contributed by atoms with Crippen molar-refractivity contribution in [2.24, 2.45) is 11.8 Å². The van der Waals surface area contributed by atoms with Gasteiger partial charge in [0.05, 0.1) is 30.0 Å². The van der Waals surface area contributed by atoms with E-state index in [0.717, 1.165) is 12.1 Å². The smallest absolute Gasteiger partial charge is 0.416 e. The number of rotatable bonds is 4. The predicted octanol–water partition coefficient (Wildman–Crippen LogP) is 3.81. The number of benzene rings is 1. The van der Waals surface area contributed by atoms with Crippen molar-refractivity contribution in [3.63, 3.8) is 0 Å². The molecule has 0 bridgehead atoms. The average molecular weight is 454 g/mol. The molecule has 2 amide bonds. The third kappa shape index (κ3) is 5.42. The number of alkyl halides is 3. The van der Waals surface area contributed by atoms with E-state index in [1.807, 2.05) is 0 Å². The molecule has 2 aliphatic heterocycles. The molecule has 32 heavy (non-hydrogen) atoms. The highest BCUT2D eigenvalue weighted by Crippen LogP contribution is 2.37. The Morgan fingerprint density at radius 3 is 2.50 bits per heavy atom. The molecule has 6 nitrogen and oxygen atoms in total. The molecule has 0 spiro atoms. The van der Waals surface area contributed by atoms with Crippen LogP contribution in [-0.2, 0) is 25.3 Å². The first-order valence-electron chi connectivity index (χ1n) is 11.0. The van der Waals surface area contributed by atoms with Crippen molar-refractivity contribution in [3.8, 4) is 0 Å². The molecule has 0 saturated carbocycles. The number of ether oxygens (including phenoxy) is 1. The minimum absolute atomic E-state index is 0.118. The fraction of sp³-hybridized carbons (Fsp3) is 0.609. The number of nitrogens with zero attached hydrogens (tertiary/aromatic N) is 2. The molecule has 9 heteroatoms. The number of hydrogen-bond acceptors (Lipinski definition) is 4. The highest BCUT2D eigenvalue weighted by atomic mass is 19.4. The van der Waals surface area contributed by atoms with Crippen LogP contribution in [0.5, 0.6) is 0 Å². The number of carbonyl (C=O) groups is 3. The lowest BCUT2D eigenvalue weighted by atomic mass is 9.86. The summed E-state index contributed by atoms with van der Waals surface area (Å²) in [5, 5.41) is 0. The summed E-state index contributed by atoms with van der Waals surface area (Å²) in [5.41, 5.74) is -0.337. The fourth-order valence-corrected chi connectivity index (χ4v) is 4.68. The lowest BCUT2D eigenvalue weighted by Crippen LogP contribution is -2.50. The van der Waals surface area contributed by atoms with Crippen LogP contribution >= 0.6 is 0 Å². The summed E-state index contributed by atoms with van der Waals surface area (Å²) >= 11 is 0. The van der Waals surface area contributed by atoms with Gasteiger partial charge in [-0.15, -0.1) is 0 Å². The van der Waals surface area contributed by atoms with Crippen LogP contribution in [0.4, 0.5) is 13.2 Å². The molecule has 0 unspecified atom stereocenters. The zero-order valence-electron chi connectivity index (χ0n) is 18.4. The third-order valence-electron chi connectivity index (χ3n) is 6.29. The molecule has 0 radical (unpaired) electrons. The van der Waals surface area contributed by atoms with Crippen LogP contribution in [0, 0.1) is 11.8 Å². The Morgan fingerprint density at radius 1 is 1.09 bits per heavy atom. The molecule has 0 aliphatic carbocycles. The second-order valence-electron chi connectivity index (χ2n) is 8.46. The standard InChI is InChI=1S/C23H29F3N2O4/c1-3-32-22(31)18-7-5-11-27(13-18)21(30)17-9-10-20(28(14-17)15(2)29)16-6-4-8-19(12-16)23(24,25)26/h4,6,8,12,17-18,20H,3,5,7,9-11,13-14H2,1-2H3/t17-,18+,20+/m0/s1. The monoisotopic (exact) mass is 454 g/mol. The Balaban J connectivity index is 1.72. The molecule has 2 saturated heterocycles. The van der Waals surface area contributed by atoms with Gasteiger partial charge in [0.25, 0.3) is 0 Å². The molecule has 2 aliphatic rings. The summed E-state index contributed by atoms with van der Waals surface area (Å²) in [4.78, 5) is 40.8. The minimum Gasteiger partial charge on any atom is -0.466 e. The Labute approximate surface area is 185 Å². The zero-order chi connectivity index (χ0) is 23.5. The average Bonchev–Trinajstić information content (AvgIpc) is 2.78. The van der Waals surface area contributed by atoms with Gasteiger partial charge in [0.2, 0.25) is 11.8 Å². The summed E-state index contributed by atoms with van der Waals surface area (Å²) in [6.45, 7) is 4.38. The molecular formula is C23H29F3N2O4. The van der Waals surface area contributed by atoms with Crippen molar-refractivity contribution in [2.75, 3.05) is 26.2 Å². The number of esters is 1. The second kappa shape index (κ2) is 9.92. The zero-order valence-corrected chi connectivity index (χ0v) is 18.4. The van der Waals surface area contributed by atoms with Crippen molar-refractivity contribution < 1.29 is 32.3 Å². The first kappa shape index (κ1) is 24.1. The summed E-state index contributed by atoms with van der Waals surface area (Å²) < 4.78 is 44.5. The van der Waals surface area contributed by atoms with Gasteiger partial charge in [-0.1, -0.05) is 12.1 Å². The van der Waals surface area contributed by atoms with Crippen molar-refractivity contribution in [1.82, 2.24) is 9.80 Å². The number of hydrogen-bond donors (Lipinski definition) is 0. The molecule has 0 aromatic heterocycles. The van der Waals surface area contributed by atoms with Gasteiger partial charge >= 0.3 is 12.1 Å². The molecule has 1 aromatic carbocycles. The van der Waals surface area contributed by atoms with Gasteiger partial charge in [0, 0.05) is 26.6 Å². The van der Waals surface area contributed by atoms with E-state index in [-0.39, 0.29) is 36.9 Å². The van der Waals surface area contributed by atoms with Crippen LogP contribution in [0.2, 0.25) is 0 Å². The van der Waals surface area contributed by atoms with Gasteiger partial charge in [-0.25, -0.2) is 0 Å². The maximum Gasteiger partial charge on any atom is 0.416 e. The van der Waals surface area contributed by atoms with Crippen LogP contribution < -0.4 is 0 Å². The number of halogens is 3. The van der Waals surface area contributed by atoms with E-state index in [1.165, 1.54) is 17.9 Å². The van der Waals surface area contributed by atoms with Crippen LogP contribution in [0.3, 0.4) is 0 Å². The van der Waals surface area contributed by atoms with Crippen LogP contribution in [0.1, 0.15) is 56.7 Å². The van der Waals surface area contributed by atoms with Gasteiger partial charge in [-0.3, -0.25) is 14.4 Å². The molecule has 1 aromatic rings. The molecule has 0 N–H and O–H groups in total. The lowest BCUT2D eigenvalue weighted by molar-refractivity contribution is -0.152. The number of carbonyl (C=O) groups excluding carboxylic acids is 3. The van der Waals surface area contributed by atoms with E-state index in [0.29, 0.717) is 44.3 Å². The minimum atomic E-state index is -4.46.